The zero-order chi connectivity index (χ0) is 30.8. The normalized spacial score (nSPS) is 14.7. The highest BCUT2D eigenvalue weighted by Crippen LogP contribution is 2.22. The Balaban J connectivity index is 1.31. The van der Waals surface area contributed by atoms with E-state index in [0.717, 1.165) is 28.8 Å². The lowest BCUT2D eigenvalue weighted by Gasteiger charge is -2.37. The van der Waals surface area contributed by atoms with Crippen molar-refractivity contribution in [1.82, 2.24) is 14.0 Å². The van der Waals surface area contributed by atoms with E-state index in [0.29, 0.717) is 37.6 Å². The minimum atomic E-state index is -0.751. The van der Waals surface area contributed by atoms with Gasteiger partial charge in [0.15, 0.2) is 0 Å². The molecule has 2 N–H and O–H groups in total. The third kappa shape index (κ3) is 5.93. The standard InChI is InChI=1S/C35H35F2N5O2/c1-24-33(40-18-16-39(17-19-40)21-25-14-15-26-8-5-6-11-28(26)20-25)34(43)42(23-32(38)27-9-3-2-4-10-27)35(44)41(24)22-29-30(36)12-7-13-31(29)37/h2-15,20,32H,16-19,21-23,38H2,1H3/t32-/m0/s1. The topological polar surface area (TPSA) is 76.5 Å². The fourth-order valence-electron chi connectivity index (χ4n) is 6.07. The van der Waals surface area contributed by atoms with E-state index in [4.69, 9.17) is 5.73 Å². The highest BCUT2D eigenvalue weighted by molar-refractivity contribution is 5.83. The van der Waals surface area contributed by atoms with E-state index < -0.39 is 28.9 Å². The van der Waals surface area contributed by atoms with Crippen LogP contribution in [0.5, 0.6) is 0 Å². The summed E-state index contributed by atoms with van der Waals surface area (Å²) in [5.41, 5.74) is 7.83. The maximum Gasteiger partial charge on any atom is 0.331 e. The van der Waals surface area contributed by atoms with Crippen LogP contribution in [0.4, 0.5) is 14.5 Å². The number of anilines is 1. The Hall–Kier alpha value is -4.60. The molecule has 1 aliphatic heterocycles. The maximum absolute atomic E-state index is 14.7. The third-order valence-electron chi connectivity index (χ3n) is 8.55. The average Bonchev–Trinajstić information content (AvgIpc) is 3.03. The number of benzene rings is 4. The van der Waals surface area contributed by atoms with Gasteiger partial charge in [-0.25, -0.2) is 13.6 Å². The van der Waals surface area contributed by atoms with E-state index in [9.17, 15) is 18.4 Å². The lowest BCUT2D eigenvalue weighted by atomic mass is 10.1. The molecule has 7 nitrogen and oxygen atoms in total. The molecule has 9 heteroatoms. The third-order valence-corrected chi connectivity index (χ3v) is 8.55. The molecule has 1 aromatic heterocycles. The molecule has 226 valence electrons. The fourth-order valence-corrected chi connectivity index (χ4v) is 6.07. The summed E-state index contributed by atoms with van der Waals surface area (Å²) in [5.74, 6) is -1.50. The van der Waals surface area contributed by atoms with Gasteiger partial charge in [-0.05, 0) is 47.0 Å². The lowest BCUT2D eigenvalue weighted by Crippen LogP contribution is -2.51. The molecule has 5 aromatic rings. The van der Waals surface area contributed by atoms with Crippen molar-refractivity contribution in [2.45, 2.75) is 32.6 Å². The van der Waals surface area contributed by atoms with Gasteiger partial charge in [-0.15, -0.1) is 0 Å². The van der Waals surface area contributed by atoms with Crippen LogP contribution in [0, 0.1) is 18.6 Å². The van der Waals surface area contributed by atoms with Gasteiger partial charge in [0.2, 0.25) is 0 Å². The van der Waals surface area contributed by atoms with Gasteiger partial charge < -0.3 is 10.6 Å². The van der Waals surface area contributed by atoms with Crippen LogP contribution in [0.25, 0.3) is 10.8 Å². The van der Waals surface area contributed by atoms with E-state index in [2.05, 4.69) is 35.2 Å². The van der Waals surface area contributed by atoms with E-state index in [1.807, 2.05) is 47.4 Å². The van der Waals surface area contributed by atoms with Crippen molar-refractivity contribution in [2.24, 2.45) is 5.73 Å². The Kier molecular flexibility index (Phi) is 8.41. The largest absolute Gasteiger partial charge is 0.363 e. The van der Waals surface area contributed by atoms with Crippen molar-refractivity contribution in [1.29, 1.82) is 0 Å². The number of nitrogens with zero attached hydrogens (tertiary/aromatic N) is 4. The van der Waals surface area contributed by atoms with E-state index >= 15 is 0 Å². The molecule has 1 aliphatic rings. The first kappa shape index (κ1) is 29.5. The van der Waals surface area contributed by atoms with E-state index in [1.54, 1.807) is 6.92 Å². The number of halogens is 2. The number of hydrogen-bond acceptors (Lipinski definition) is 5. The Morgan fingerprint density at radius 2 is 1.41 bits per heavy atom. The van der Waals surface area contributed by atoms with Crippen LogP contribution >= 0.6 is 0 Å². The van der Waals surface area contributed by atoms with Crippen LogP contribution in [0.15, 0.2) is 101 Å². The molecule has 0 bridgehead atoms. The molecule has 1 saturated heterocycles. The highest BCUT2D eigenvalue weighted by atomic mass is 19.1. The molecule has 0 radical (unpaired) electrons. The zero-order valence-electron chi connectivity index (χ0n) is 24.6. The molecule has 0 spiro atoms. The average molecular weight is 596 g/mol. The second-order valence-electron chi connectivity index (χ2n) is 11.4. The van der Waals surface area contributed by atoms with Crippen LogP contribution in [0.3, 0.4) is 0 Å². The minimum absolute atomic E-state index is 0.0728. The molecule has 2 heterocycles. The number of fused-ring (bicyclic) bond motifs is 1. The molecule has 6 rings (SSSR count). The summed E-state index contributed by atoms with van der Waals surface area (Å²) in [5, 5.41) is 2.40. The van der Waals surface area contributed by atoms with Crippen molar-refractivity contribution >= 4 is 16.5 Å². The Morgan fingerprint density at radius 1 is 0.750 bits per heavy atom. The monoisotopic (exact) mass is 595 g/mol. The molecule has 44 heavy (non-hydrogen) atoms. The maximum atomic E-state index is 14.7. The molecular formula is C35H35F2N5O2. The van der Waals surface area contributed by atoms with Crippen LogP contribution < -0.4 is 21.9 Å². The number of rotatable bonds is 8. The zero-order valence-corrected chi connectivity index (χ0v) is 24.6. The summed E-state index contributed by atoms with van der Waals surface area (Å²) in [6.07, 6.45) is 0. The van der Waals surface area contributed by atoms with Gasteiger partial charge in [0.05, 0.1) is 13.1 Å². The summed E-state index contributed by atoms with van der Waals surface area (Å²) in [7, 11) is 0. The Bertz CT molecular complexity index is 1890. The molecule has 1 fully saturated rings. The predicted molar refractivity (Wildman–Crippen MR) is 170 cm³/mol. The number of aromatic nitrogens is 2. The predicted octanol–water partition coefficient (Wildman–Crippen LogP) is 4.82. The number of hydrogen-bond donors (Lipinski definition) is 1. The molecule has 0 saturated carbocycles. The summed E-state index contributed by atoms with van der Waals surface area (Å²) in [6, 6.07) is 27.0. The Labute approximate surface area is 254 Å². The molecule has 4 aromatic carbocycles. The van der Waals surface area contributed by atoms with Gasteiger partial charge in [-0.3, -0.25) is 18.8 Å². The van der Waals surface area contributed by atoms with Gasteiger partial charge in [-0.2, -0.15) is 0 Å². The van der Waals surface area contributed by atoms with Crippen molar-refractivity contribution in [3.63, 3.8) is 0 Å². The summed E-state index contributed by atoms with van der Waals surface area (Å²) in [6.45, 7) is 4.54. The molecule has 1 atom stereocenters. The van der Waals surface area contributed by atoms with Crippen LogP contribution in [0.2, 0.25) is 0 Å². The highest BCUT2D eigenvalue weighted by Gasteiger charge is 2.26. The van der Waals surface area contributed by atoms with Gasteiger partial charge in [0, 0.05) is 50.0 Å². The molecular weight excluding hydrogens is 560 g/mol. The summed E-state index contributed by atoms with van der Waals surface area (Å²) < 4.78 is 31.8. The lowest BCUT2D eigenvalue weighted by molar-refractivity contribution is 0.249. The van der Waals surface area contributed by atoms with Crippen molar-refractivity contribution in [3.05, 3.63) is 146 Å². The second kappa shape index (κ2) is 12.6. The quantitative estimate of drug-likeness (QED) is 0.279. The van der Waals surface area contributed by atoms with Crippen molar-refractivity contribution in [2.75, 3.05) is 31.1 Å². The van der Waals surface area contributed by atoms with Crippen LogP contribution in [-0.2, 0) is 19.6 Å². The number of piperazine rings is 1. The first-order valence-corrected chi connectivity index (χ1v) is 14.8. The first-order chi connectivity index (χ1) is 21.3. The summed E-state index contributed by atoms with van der Waals surface area (Å²) >= 11 is 0. The van der Waals surface area contributed by atoms with Crippen LogP contribution in [-0.4, -0.2) is 40.2 Å². The van der Waals surface area contributed by atoms with Gasteiger partial charge >= 0.3 is 5.69 Å². The molecule has 0 amide bonds. The molecule has 0 unspecified atom stereocenters. The SMILES string of the molecule is Cc1c(N2CCN(Cc3ccc4ccccc4c3)CC2)c(=O)n(C[C@H](N)c2ccccc2)c(=O)n1Cc1c(F)cccc1F. The van der Waals surface area contributed by atoms with E-state index in [1.165, 1.54) is 27.0 Å². The van der Waals surface area contributed by atoms with Gasteiger partial charge in [-0.1, -0.05) is 72.8 Å². The first-order valence-electron chi connectivity index (χ1n) is 14.8. The summed E-state index contributed by atoms with van der Waals surface area (Å²) in [4.78, 5) is 32.1. The smallest absolute Gasteiger partial charge is 0.331 e. The van der Waals surface area contributed by atoms with Crippen LogP contribution in [0.1, 0.15) is 28.4 Å². The van der Waals surface area contributed by atoms with Crippen molar-refractivity contribution in [3.8, 4) is 0 Å². The second-order valence-corrected chi connectivity index (χ2v) is 11.4. The Morgan fingerprint density at radius 3 is 2.11 bits per heavy atom. The van der Waals surface area contributed by atoms with Gasteiger partial charge in [0.1, 0.15) is 17.3 Å². The van der Waals surface area contributed by atoms with Crippen molar-refractivity contribution < 1.29 is 8.78 Å². The fraction of sp³-hybridized carbons (Fsp3) is 0.257. The minimum Gasteiger partial charge on any atom is -0.363 e. The molecule has 0 aliphatic carbocycles. The van der Waals surface area contributed by atoms with E-state index in [-0.39, 0.29) is 18.7 Å². The van der Waals surface area contributed by atoms with Gasteiger partial charge in [0.25, 0.3) is 5.56 Å². The number of nitrogens with two attached hydrogens (primary N) is 1.